The highest BCUT2D eigenvalue weighted by atomic mass is 16.4. The normalized spacial score (nSPS) is 11.0. The van der Waals surface area contributed by atoms with Crippen LogP contribution in [-0.2, 0) is 18.0 Å². The summed E-state index contributed by atoms with van der Waals surface area (Å²) in [6.45, 7) is 7.80. The van der Waals surface area contributed by atoms with Gasteiger partial charge in [0.2, 0.25) is 5.91 Å². The average Bonchev–Trinajstić information content (AvgIpc) is 3.23. The average molecular weight is 371 g/mol. The molecule has 0 saturated heterocycles. The Morgan fingerprint density at radius 2 is 1.85 bits per heavy atom. The molecule has 0 aromatic carbocycles. The smallest absolute Gasteiger partial charge is 0.354 e. The summed E-state index contributed by atoms with van der Waals surface area (Å²) in [5, 5.41) is 24.7. The van der Waals surface area contributed by atoms with Crippen LogP contribution < -0.4 is 5.32 Å². The van der Waals surface area contributed by atoms with E-state index in [0.29, 0.717) is 18.1 Å². The lowest BCUT2D eigenvalue weighted by atomic mass is 10.3. The van der Waals surface area contributed by atoms with Gasteiger partial charge in [-0.15, -0.1) is 0 Å². The molecule has 0 radical (unpaired) electrons. The molecule has 3 aromatic heterocycles. The highest BCUT2D eigenvalue weighted by Crippen LogP contribution is 2.20. The molecular weight excluding hydrogens is 350 g/mol. The molecule has 0 aliphatic carbocycles. The Hall–Kier alpha value is -3.43. The number of anilines is 1. The number of aryl methyl sites for hydroxylation is 3. The zero-order valence-corrected chi connectivity index (χ0v) is 15.6. The fourth-order valence-electron chi connectivity index (χ4n) is 2.92. The van der Waals surface area contributed by atoms with E-state index in [1.807, 2.05) is 31.5 Å². The summed E-state index contributed by atoms with van der Waals surface area (Å²) in [7, 11) is 0. The third-order valence-electron chi connectivity index (χ3n) is 4.25. The predicted molar refractivity (Wildman–Crippen MR) is 96.6 cm³/mol. The summed E-state index contributed by atoms with van der Waals surface area (Å²) in [5.74, 6) is -1.51. The van der Waals surface area contributed by atoms with Crippen LogP contribution in [0.3, 0.4) is 0 Å². The third-order valence-corrected chi connectivity index (χ3v) is 4.25. The van der Waals surface area contributed by atoms with Gasteiger partial charge in [0.25, 0.3) is 0 Å². The van der Waals surface area contributed by atoms with E-state index < -0.39 is 5.97 Å². The van der Waals surface area contributed by atoms with E-state index in [1.165, 1.54) is 12.3 Å². The minimum atomic E-state index is -1.13. The van der Waals surface area contributed by atoms with E-state index in [9.17, 15) is 9.59 Å². The van der Waals surface area contributed by atoms with Gasteiger partial charge in [0, 0.05) is 11.9 Å². The van der Waals surface area contributed by atoms with Crippen LogP contribution in [0.1, 0.15) is 33.3 Å². The molecule has 10 heteroatoms. The fourth-order valence-corrected chi connectivity index (χ4v) is 2.92. The van der Waals surface area contributed by atoms with E-state index in [-0.39, 0.29) is 18.1 Å². The van der Waals surface area contributed by atoms with Crippen LogP contribution in [0, 0.1) is 27.7 Å². The van der Waals surface area contributed by atoms with Gasteiger partial charge in [0.05, 0.1) is 22.8 Å². The standard InChI is InChI=1S/C17H21N7O3/c1-10-7-11(2)23(20-10)9-24-13(4)16(12(3)21-24)19-15(25)8-22-14(17(26)27)5-6-18-22/h5-7H,8-9H2,1-4H3,(H,19,25)(H,26,27). The van der Waals surface area contributed by atoms with Crippen molar-refractivity contribution in [3.05, 3.63) is 46.8 Å². The van der Waals surface area contributed by atoms with Crippen LogP contribution in [0.15, 0.2) is 18.3 Å². The van der Waals surface area contributed by atoms with Crippen molar-refractivity contribution in [3.8, 4) is 0 Å². The topological polar surface area (TPSA) is 120 Å². The molecule has 0 aliphatic heterocycles. The first-order valence-electron chi connectivity index (χ1n) is 8.36. The molecule has 3 aromatic rings. The van der Waals surface area contributed by atoms with Crippen molar-refractivity contribution in [1.82, 2.24) is 29.3 Å². The molecule has 2 N–H and O–H groups in total. The molecule has 0 bridgehead atoms. The minimum absolute atomic E-state index is 0.0428. The first kappa shape index (κ1) is 18.4. The molecule has 3 rings (SSSR count). The van der Waals surface area contributed by atoms with Gasteiger partial charge in [0.15, 0.2) is 0 Å². The van der Waals surface area contributed by atoms with Crippen LogP contribution in [-0.4, -0.2) is 46.3 Å². The molecule has 10 nitrogen and oxygen atoms in total. The van der Waals surface area contributed by atoms with Gasteiger partial charge in [-0.2, -0.15) is 15.3 Å². The fraction of sp³-hybridized carbons (Fsp3) is 0.353. The van der Waals surface area contributed by atoms with E-state index in [1.54, 1.807) is 11.6 Å². The molecule has 142 valence electrons. The van der Waals surface area contributed by atoms with Gasteiger partial charge in [-0.3, -0.25) is 4.79 Å². The van der Waals surface area contributed by atoms with Gasteiger partial charge in [-0.05, 0) is 39.8 Å². The van der Waals surface area contributed by atoms with Gasteiger partial charge in [0.1, 0.15) is 18.9 Å². The zero-order chi connectivity index (χ0) is 19.7. The minimum Gasteiger partial charge on any atom is -0.477 e. The Bertz CT molecular complexity index is 1010. The highest BCUT2D eigenvalue weighted by molar-refractivity contribution is 5.92. The number of hydrogen-bond donors (Lipinski definition) is 2. The zero-order valence-electron chi connectivity index (χ0n) is 15.6. The van der Waals surface area contributed by atoms with Crippen molar-refractivity contribution in [3.63, 3.8) is 0 Å². The largest absolute Gasteiger partial charge is 0.477 e. The molecule has 0 aliphatic rings. The summed E-state index contributed by atoms with van der Waals surface area (Å²) < 4.78 is 4.74. The van der Waals surface area contributed by atoms with E-state index in [0.717, 1.165) is 21.8 Å². The molecule has 0 spiro atoms. The molecule has 0 unspecified atom stereocenters. The lowest BCUT2D eigenvalue weighted by Crippen LogP contribution is -2.22. The number of aromatic nitrogens is 6. The quantitative estimate of drug-likeness (QED) is 0.675. The number of carboxylic acids is 1. The van der Waals surface area contributed by atoms with Crippen molar-refractivity contribution < 1.29 is 14.7 Å². The first-order chi connectivity index (χ1) is 12.8. The SMILES string of the molecule is Cc1cc(C)n(Cn2nc(C)c(NC(=O)Cn3nccc3C(=O)O)c2C)n1. The first-order valence-corrected chi connectivity index (χ1v) is 8.36. The second-order valence-electron chi connectivity index (χ2n) is 6.34. The summed E-state index contributed by atoms with van der Waals surface area (Å²) in [6.07, 6.45) is 1.35. The number of aromatic carboxylic acids is 1. The molecule has 3 heterocycles. The highest BCUT2D eigenvalue weighted by Gasteiger charge is 2.17. The number of hydrogen-bond acceptors (Lipinski definition) is 5. The maximum atomic E-state index is 12.4. The summed E-state index contributed by atoms with van der Waals surface area (Å²) >= 11 is 0. The second-order valence-corrected chi connectivity index (χ2v) is 6.34. The summed E-state index contributed by atoms with van der Waals surface area (Å²) in [4.78, 5) is 23.5. The Morgan fingerprint density at radius 1 is 1.11 bits per heavy atom. The number of amides is 1. The Balaban J connectivity index is 1.76. The molecule has 0 fully saturated rings. The molecule has 1 amide bonds. The molecular formula is C17H21N7O3. The van der Waals surface area contributed by atoms with Crippen LogP contribution in [0.4, 0.5) is 5.69 Å². The Kier molecular flexibility index (Phi) is 4.80. The van der Waals surface area contributed by atoms with E-state index >= 15 is 0 Å². The monoisotopic (exact) mass is 371 g/mol. The number of rotatable bonds is 6. The van der Waals surface area contributed by atoms with Crippen molar-refractivity contribution in [2.24, 2.45) is 0 Å². The maximum Gasteiger partial charge on any atom is 0.354 e. The predicted octanol–water partition coefficient (Wildman–Crippen LogP) is 1.35. The second kappa shape index (κ2) is 7.06. The van der Waals surface area contributed by atoms with E-state index in [4.69, 9.17) is 5.11 Å². The Labute approximate surface area is 155 Å². The molecule has 0 saturated carbocycles. The van der Waals surface area contributed by atoms with Gasteiger partial charge in [-0.1, -0.05) is 0 Å². The summed E-state index contributed by atoms with van der Waals surface area (Å²) in [5.41, 5.74) is 3.96. The van der Waals surface area contributed by atoms with Crippen molar-refractivity contribution >= 4 is 17.6 Å². The lowest BCUT2D eigenvalue weighted by molar-refractivity contribution is -0.116. The van der Waals surface area contributed by atoms with Crippen molar-refractivity contribution in [2.75, 3.05) is 5.32 Å². The number of nitrogens with one attached hydrogen (secondary N) is 1. The molecule has 0 atom stereocenters. The van der Waals surface area contributed by atoms with Crippen LogP contribution in [0.5, 0.6) is 0 Å². The maximum absolute atomic E-state index is 12.4. The number of carbonyl (C=O) groups is 2. The van der Waals surface area contributed by atoms with Crippen molar-refractivity contribution in [2.45, 2.75) is 40.9 Å². The van der Waals surface area contributed by atoms with Gasteiger partial charge >= 0.3 is 5.97 Å². The molecule has 27 heavy (non-hydrogen) atoms. The number of nitrogens with zero attached hydrogens (tertiary/aromatic N) is 6. The van der Waals surface area contributed by atoms with Crippen molar-refractivity contribution in [1.29, 1.82) is 0 Å². The van der Waals surface area contributed by atoms with Crippen LogP contribution in [0.2, 0.25) is 0 Å². The van der Waals surface area contributed by atoms with Crippen LogP contribution in [0.25, 0.3) is 0 Å². The van der Waals surface area contributed by atoms with Gasteiger partial charge < -0.3 is 10.4 Å². The van der Waals surface area contributed by atoms with E-state index in [2.05, 4.69) is 20.6 Å². The third kappa shape index (κ3) is 3.73. The Morgan fingerprint density at radius 3 is 2.48 bits per heavy atom. The van der Waals surface area contributed by atoms with Gasteiger partial charge in [-0.25, -0.2) is 18.8 Å². The lowest BCUT2D eigenvalue weighted by Gasteiger charge is -2.09. The number of carboxylic acid groups (broad SMARTS) is 1. The number of carbonyl (C=O) groups excluding carboxylic acids is 1. The van der Waals surface area contributed by atoms with Crippen LogP contribution >= 0.6 is 0 Å². The summed E-state index contributed by atoms with van der Waals surface area (Å²) in [6, 6.07) is 3.33.